The van der Waals surface area contributed by atoms with Crippen LogP contribution in [0.5, 0.6) is 0 Å². The molecule has 6 nitrogen and oxygen atoms in total. The van der Waals surface area contributed by atoms with Crippen LogP contribution in [0.1, 0.15) is 26.3 Å². The van der Waals surface area contributed by atoms with Crippen LogP contribution in [0, 0.1) is 10.1 Å². The Balaban J connectivity index is 1.95. The van der Waals surface area contributed by atoms with Crippen molar-refractivity contribution < 1.29 is 4.92 Å². The second-order valence-corrected chi connectivity index (χ2v) is 7.34. The average molecular weight is 346 g/mol. The second kappa shape index (κ2) is 5.62. The minimum atomic E-state index is -0.406. The van der Waals surface area contributed by atoms with Crippen molar-refractivity contribution in [3.63, 3.8) is 0 Å². The Bertz CT molecular complexity index is 1140. The lowest BCUT2D eigenvalue weighted by Crippen LogP contribution is -2.10. The molecule has 0 unspecified atom stereocenters. The van der Waals surface area contributed by atoms with Crippen molar-refractivity contribution in [2.24, 2.45) is 0 Å². The summed E-state index contributed by atoms with van der Waals surface area (Å²) >= 11 is 0. The molecule has 2 aromatic heterocycles. The van der Waals surface area contributed by atoms with E-state index in [2.05, 4.69) is 37.9 Å². The maximum Gasteiger partial charge on any atom is 0.271 e. The summed E-state index contributed by atoms with van der Waals surface area (Å²) in [6.45, 7) is 6.51. The van der Waals surface area contributed by atoms with Crippen LogP contribution in [-0.4, -0.2) is 19.3 Å². The van der Waals surface area contributed by atoms with Gasteiger partial charge in [0.15, 0.2) is 5.65 Å². The van der Waals surface area contributed by atoms with E-state index in [0.717, 1.165) is 16.7 Å². The number of nitro benzene ring substituents is 1. The van der Waals surface area contributed by atoms with E-state index < -0.39 is 4.92 Å². The van der Waals surface area contributed by atoms with Crippen molar-refractivity contribution in [1.82, 2.24) is 14.4 Å². The van der Waals surface area contributed by atoms with Gasteiger partial charge in [-0.3, -0.25) is 14.5 Å². The summed E-state index contributed by atoms with van der Waals surface area (Å²) < 4.78 is 1.92. The van der Waals surface area contributed by atoms with Crippen LogP contribution in [0.25, 0.3) is 27.9 Å². The Kier molecular flexibility index (Phi) is 3.50. The number of imidazole rings is 1. The van der Waals surface area contributed by atoms with E-state index in [1.165, 1.54) is 17.7 Å². The van der Waals surface area contributed by atoms with Crippen molar-refractivity contribution in [3.8, 4) is 11.3 Å². The molecule has 26 heavy (non-hydrogen) atoms. The first-order chi connectivity index (χ1) is 12.3. The van der Waals surface area contributed by atoms with Gasteiger partial charge in [0.1, 0.15) is 5.69 Å². The van der Waals surface area contributed by atoms with Gasteiger partial charge < -0.3 is 0 Å². The van der Waals surface area contributed by atoms with Crippen molar-refractivity contribution in [2.45, 2.75) is 26.2 Å². The summed E-state index contributed by atoms with van der Waals surface area (Å²) in [6.07, 6.45) is 3.56. The summed E-state index contributed by atoms with van der Waals surface area (Å²) in [6, 6.07) is 12.9. The molecule has 0 atom stereocenters. The fourth-order valence-electron chi connectivity index (χ4n) is 3.08. The van der Waals surface area contributed by atoms with Crippen molar-refractivity contribution in [2.75, 3.05) is 0 Å². The molecule has 0 aliphatic heterocycles. The molecule has 130 valence electrons. The van der Waals surface area contributed by atoms with Gasteiger partial charge in [-0.25, -0.2) is 9.97 Å². The van der Waals surface area contributed by atoms with Gasteiger partial charge in [0.2, 0.25) is 0 Å². The summed E-state index contributed by atoms with van der Waals surface area (Å²) in [5.41, 5.74) is 5.06. The van der Waals surface area contributed by atoms with Gasteiger partial charge in [0.25, 0.3) is 5.69 Å². The topological polar surface area (TPSA) is 73.3 Å². The van der Waals surface area contributed by atoms with E-state index in [4.69, 9.17) is 4.98 Å². The third-order valence-electron chi connectivity index (χ3n) is 4.54. The van der Waals surface area contributed by atoms with Crippen LogP contribution in [0.4, 0.5) is 5.69 Å². The third-order valence-corrected chi connectivity index (χ3v) is 4.54. The molecular formula is C20H18N4O2. The van der Waals surface area contributed by atoms with Gasteiger partial charge in [-0.05, 0) is 17.0 Å². The Labute approximate surface area is 150 Å². The van der Waals surface area contributed by atoms with Crippen LogP contribution in [0.3, 0.4) is 0 Å². The molecule has 0 fully saturated rings. The van der Waals surface area contributed by atoms with Crippen molar-refractivity contribution in [3.05, 3.63) is 70.5 Å². The summed E-state index contributed by atoms with van der Waals surface area (Å²) in [5, 5.41) is 11.1. The van der Waals surface area contributed by atoms with Gasteiger partial charge >= 0.3 is 0 Å². The number of nitrogens with zero attached hydrogens (tertiary/aromatic N) is 4. The van der Waals surface area contributed by atoms with E-state index in [1.807, 2.05) is 22.7 Å². The molecule has 0 aliphatic rings. The quantitative estimate of drug-likeness (QED) is 0.387. The Morgan fingerprint density at radius 3 is 2.46 bits per heavy atom. The predicted octanol–water partition coefficient (Wildman–Crippen LogP) is 4.76. The molecule has 4 rings (SSSR count). The predicted molar refractivity (Wildman–Crippen MR) is 101 cm³/mol. The molecule has 0 saturated carbocycles. The molecule has 0 N–H and O–H groups in total. The van der Waals surface area contributed by atoms with Crippen LogP contribution < -0.4 is 0 Å². The number of aromatic nitrogens is 3. The smallest absolute Gasteiger partial charge is 0.271 e. The van der Waals surface area contributed by atoms with E-state index in [9.17, 15) is 10.1 Å². The average Bonchev–Trinajstić information content (AvgIpc) is 3.09. The molecule has 6 heteroatoms. The molecule has 0 radical (unpaired) electrons. The molecule has 0 aliphatic carbocycles. The zero-order valence-electron chi connectivity index (χ0n) is 14.8. The largest absolute Gasteiger partial charge is 0.296 e. The standard InChI is InChI=1S/C20H18N4O2/c1-20(2,3)14-6-4-13(5-7-14)18-19-21-10-11-23(19)17-9-8-15(24(25)26)12-16(17)22-18/h4-12H,1-3H3. The lowest BCUT2D eigenvalue weighted by Gasteiger charge is -2.19. The highest BCUT2D eigenvalue weighted by molar-refractivity contribution is 5.87. The van der Waals surface area contributed by atoms with E-state index >= 15 is 0 Å². The first kappa shape index (κ1) is 16.2. The normalized spacial score (nSPS) is 12.0. The molecule has 0 amide bonds. The minimum absolute atomic E-state index is 0.0264. The van der Waals surface area contributed by atoms with Crippen LogP contribution >= 0.6 is 0 Å². The van der Waals surface area contributed by atoms with E-state index in [-0.39, 0.29) is 11.1 Å². The summed E-state index contributed by atoms with van der Waals surface area (Å²) in [7, 11) is 0. The highest BCUT2D eigenvalue weighted by Crippen LogP contribution is 2.30. The number of rotatable bonds is 2. The maximum atomic E-state index is 11.1. The molecule has 2 heterocycles. The fourth-order valence-corrected chi connectivity index (χ4v) is 3.08. The highest BCUT2D eigenvalue weighted by atomic mass is 16.6. The van der Waals surface area contributed by atoms with Gasteiger partial charge in [-0.15, -0.1) is 0 Å². The Hall–Kier alpha value is -3.28. The molecular weight excluding hydrogens is 328 g/mol. The molecule has 0 bridgehead atoms. The first-order valence-corrected chi connectivity index (χ1v) is 8.37. The molecule has 2 aromatic carbocycles. The SMILES string of the molecule is CC(C)(C)c1ccc(-c2nc3cc([N+](=O)[O-])ccc3n3ccnc23)cc1. The number of nitro groups is 1. The zero-order valence-corrected chi connectivity index (χ0v) is 14.8. The number of hydrogen-bond acceptors (Lipinski definition) is 4. The zero-order chi connectivity index (χ0) is 18.5. The highest BCUT2D eigenvalue weighted by Gasteiger charge is 2.16. The lowest BCUT2D eigenvalue weighted by atomic mass is 9.86. The van der Waals surface area contributed by atoms with Gasteiger partial charge in [0, 0.05) is 30.1 Å². The molecule has 4 aromatic rings. The second-order valence-electron chi connectivity index (χ2n) is 7.34. The summed E-state index contributed by atoms with van der Waals surface area (Å²) in [4.78, 5) is 19.8. The van der Waals surface area contributed by atoms with Crippen LogP contribution in [-0.2, 0) is 5.41 Å². The monoisotopic (exact) mass is 346 g/mol. The van der Waals surface area contributed by atoms with Crippen molar-refractivity contribution in [1.29, 1.82) is 0 Å². The number of hydrogen-bond donors (Lipinski definition) is 0. The van der Waals surface area contributed by atoms with Gasteiger partial charge in [0.05, 0.1) is 16.0 Å². The van der Waals surface area contributed by atoms with Gasteiger partial charge in [-0.2, -0.15) is 0 Å². The minimum Gasteiger partial charge on any atom is -0.296 e. The summed E-state index contributed by atoms with van der Waals surface area (Å²) in [5.74, 6) is 0. The first-order valence-electron chi connectivity index (χ1n) is 8.37. The lowest BCUT2D eigenvalue weighted by molar-refractivity contribution is -0.384. The maximum absolute atomic E-state index is 11.1. The number of fused-ring (bicyclic) bond motifs is 3. The van der Waals surface area contributed by atoms with Crippen LogP contribution in [0.2, 0.25) is 0 Å². The Morgan fingerprint density at radius 1 is 1.08 bits per heavy atom. The third kappa shape index (κ3) is 2.60. The van der Waals surface area contributed by atoms with Crippen LogP contribution in [0.15, 0.2) is 54.9 Å². The molecule has 0 saturated heterocycles. The number of benzene rings is 2. The Morgan fingerprint density at radius 2 is 1.81 bits per heavy atom. The van der Waals surface area contributed by atoms with Crippen molar-refractivity contribution >= 4 is 22.4 Å². The fraction of sp³-hybridized carbons (Fsp3) is 0.200. The molecule has 0 spiro atoms. The van der Waals surface area contributed by atoms with Gasteiger partial charge in [-0.1, -0.05) is 45.0 Å². The number of non-ortho nitro benzene ring substituents is 1. The van der Waals surface area contributed by atoms with E-state index in [1.54, 1.807) is 12.3 Å². The van der Waals surface area contributed by atoms with E-state index in [0.29, 0.717) is 11.2 Å².